The number of nitrogens with two attached hydrogens (primary N) is 1. The number of benzene rings is 2. The average molecular weight is 542 g/mol. The first-order valence-electron chi connectivity index (χ1n) is 13.4. The van der Waals surface area contributed by atoms with Crippen molar-refractivity contribution in [3.05, 3.63) is 94.3 Å². The summed E-state index contributed by atoms with van der Waals surface area (Å²) in [4.78, 5) is 29.5. The molecule has 0 aliphatic carbocycles. The summed E-state index contributed by atoms with van der Waals surface area (Å²) in [5, 5.41) is 14.9. The second-order valence-corrected chi connectivity index (χ2v) is 10.2. The topological polar surface area (TPSA) is 108 Å². The maximum Gasteiger partial charge on any atom is 0.346 e. The highest BCUT2D eigenvalue weighted by Gasteiger charge is 2.47. The number of halogens is 2. The van der Waals surface area contributed by atoms with Gasteiger partial charge in [0.05, 0.1) is 18.7 Å². The normalized spacial score (nSPS) is 13.3. The number of hydrogen-bond donors (Lipinski definition) is 4. The van der Waals surface area contributed by atoms with E-state index in [0.29, 0.717) is 49.2 Å². The Labute approximate surface area is 228 Å². The molecule has 0 saturated carbocycles. The monoisotopic (exact) mass is 541 g/mol. The minimum atomic E-state index is -1.03. The van der Waals surface area contributed by atoms with E-state index in [1.807, 2.05) is 26.0 Å². The van der Waals surface area contributed by atoms with Gasteiger partial charge in [-0.1, -0.05) is 13.8 Å². The van der Waals surface area contributed by atoms with Gasteiger partial charge < -0.3 is 21.1 Å². The number of primary amides is 1. The van der Waals surface area contributed by atoms with Gasteiger partial charge in [-0.05, 0) is 73.4 Å². The summed E-state index contributed by atoms with van der Waals surface area (Å²) in [6, 6.07) is 11.2. The van der Waals surface area contributed by atoms with Crippen molar-refractivity contribution >= 4 is 11.8 Å². The second kappa shape index (κ2) is 13.6. The first-order chi connectivity index (χ1) is 18.6. The highest BCUT2D eigenvalue weighted by molar-refractivity contribution is 5.97. The van der Waals surface area contributed by atoms with Crippen molar-refractivity contribution in [2.24, 2.45) is 5.73 Å². The first kappa shape index (κ1) is 30.1. The van der Waals surface area contributed by atoms with E-state index in [1.165, 1.54) is 18.2 Å². The minimum Gasteiger partial charge on any atom is -0.386 e. The summed E-state index contributed by atoms with van der Waals surface area (Å²) in [5.41, 5.74) is 8.06. The number of aromatic amines is 1. The van der Waals surface area contributed by atoms with Crippen molar-refractivity contribution in [3.63, 3.8) is 0 Å². The van der Waals surface area contributed by atoms with E-state index in [2.05, 4.69) is 10.3 Å². The Morgan fingerprint density at radius 2 is 1.67 bits per heavy atom. The number of nitrogens with zero attached hydrogens (tertiary/aromatic N) is 1. The fourth-order valence-corrected chi connectivity index (χ4v) is 5.48. The molecule has 7 nitrogen and oxygen atoms in total. The van der Waals surface area contributed by atoms with Gasteiger partial charge in [-0.2, -0.15) is 0 Å². The van der Waals surface area contributed by atoms with Gasteiger partial charge in [-0.15, -0.1) is 0 Å². The van der Waals surface area contributed by atoms with Crippen molar-refractivity contribution < 1.29 is 28.0 Å². The molecule has 1 aromatic heterocycles. The standard InChI is InChI=1S/C30H38F2N4O3/c1-4-9-36(10-5-2,30(39)23-12-20(3)11-22(16-23)29(33)38)27(15-21-13-24(31)17-25(32)14-21)28(37)19-34-18-26-7-6-8-35-26/h6-8,11-14,16-17,27-28,34-35,37H,4-5,9-10,15,18-19H2,1-3H3,(H-,33,38)/p+1. The van der Waals surface area contributed by atoms with Crippen LogP contribution in [0, 0.1) is 18.6 Å². The molecule has 0 spiro atoms. The molecular formula is C30H39F2N4O3+. The van der Waals surface area contributed by atoms with Crippen LogP contribution in [0.25, 0.3) is 0 Å². The lowest BCUT2D eigenvalue weighted by molar-refractivity contribution is -0.878. The van der Waals surface area contributed by atoms with Crippen molar-refractivity contribution in [3.8, 4) is 0 Å². The highest BCUT2D eigenvalue weighted by Crippen LogP contribution is 2.28. The van der Waals surface area contributed by atoms with E-state index >= 15 is 0 Å². The van der Waals surface area contributed by atoms with Gasteiger partial charge in [-0.25, -0.2) is 13.6 Å². The first-order valence-corrected chi connectivity index (χ1v) is 13.4. The Morgan fingerprint density at radius 1 is 1.03 bits per heavy atom. The van der Waals surface area contributed by atoms with Crippen LogP contribution in [0.1, 0.15) is 64.2 Å². The Morgan fingerprint density at radius 3 is 2.23 bits per heavy atom. The van der Waals surface area contributed by atoms with Gasteiger partial charge in [0.25, 0.3) is 0 Å². The van der Waals surface area contributed by atoms with Crippen LogP contribution in [-0.2, 0) is 13.0 Å². The number of aliphatic hydroxyl groups is 1. The van der Waals surface area contributed by atoms with Gasteiger partial charge in [-0.3, -0.25) is 9.28 Å². The number of rotatable bonds is 14. The van der Waals surface area contributed by atoms with E-state index in [1.54, 1.807) is 25.3 Å². The van der Waals surface area contributed by atoms with Gasteiger partial charge in [0.2, 0.25) is 5.91 Å². The van der Waals surface area contributed by atoms with Crippen LogP contribution in [0.15, 0.2) is 54.7 Å². The maximum atomic E-state index is 14.4. The third-order valence-electron chi connectivity index (χ3n) is 7.04. The minimum absolute atomic E-state index is 0.0697. The molecule has 3 aromatic rings. The van der Waals surface area contributed by atoms with Crippen LogP contribution in [0.4, 0.5) is 8.78 Å². The molecule has 210 valence electrons. The molecule has 2 unspecified atom stereocenters. The molecule has 39 heavy (non-hydrogen) atoms. The number of aryl methyl sites for hydroxylation is 1. The molecule has 9 heteroatoms. The zero-order valence-electron chi connectivity index (χ0n) is 22.8. The molecule has 2 atom stereocenters. The smallest absolute Gasteiger partial charge is 0.346 e. The quantitative estimate of drug-likeness (QED) is 0.229. The number of quaternary nitrogens is 1. The van der Waals surface area contributed by atoms with Crippen molar-refractivity contribution in [2.75, 3.05) is 19.6 Å². The van der Waals surface area contributed by atoms with E-state index in [4.69, 9.17) is 5.73 Å². The SMILES string of the molecule is CCC[N+](CCC)(C(=O)c1cc(C)cc(C(N)=O)c1)C(Cc1cc(F)cc(F)c1)C(O)CNCc1ccc[nH]1. The number of carbonyl (C=O) groups is 2. The molecule has 0 saturated heterocycles. The summed E-state index contributed by atoms with van der Waals surface area (Å²) >= 11 is 0. The van der Waals surface area contributed by atoms with E-state index in [0.717, 1.165) is 11.8 Å². The third-order valence-corrected chi connectivity index (χ3v) is 7.04. The Hall–Kier alpha value is -3.40. The fourth-order valence-electron chi connectivity index (χ4n) is 5.48. The summed E-state index contributed by atoms with van der Waals surface area (Å²) in [7, 11) is 0. The van der Waals surface area contributed by atoms with Gasteiger partial charge in [0.1, 0.15) is 23.8 Å². The molecule has 1 heterocycles. The van der Waals surface area contributed by atoms with Crippen LogP contribution < -0.4 is 11.1 Å². The highest BCUT2D eigenvalue weighted by atomic mass is 19.1. The molecule has 5 N–H and O–H groups in total. The van der Waals surface area contributed by atoms with Crippen molar-refractivity contribution in [1.29, 1.82) is 0 Å². The Bertz CT molecular complexity index is 1240. The predicted molar refractivity (Wildman–Crippen MR) is 147 cm³/mol. The van der Waals surface area contributed by atoms with Crippen LogP contribution in [0.3, 0.4) is 0 Å². The zero-order chi connectivity index (χ0) is 28.6. The van der Waals surface area contributed by atoms with E-state index < -0.39 is 29.7 Å². The lowest BCUT2D eigenvalue weighted by atomic mass is 9.93. The molecule has 2 amide bonds. The third kappa shape index (κ3) is 7.59. The van der Waals surface area contributed by atoms with Crippen LogP contribution in [0.2, 0.25) is 0 Å². The number of carbonyl (C=O) groups excluding carboxylic acids is 2. The molecule has 0 aliphatic heterocycles. The Kier molecular flexibility index (Phi) is 10.5. The van der Waals surface area contributed by atoms with E-state index in [-0.39, 0.29) is 28.9 Å². The summed E-state index contributed by atoms with van der Waals surface area (Å²) in [6.45, 7) is 7.10. The zero-order valence-corrected chi connectivity index (χ0v) is 22.8. The summed E-state index contributed by atoms with van der Waals surface area (Å²) in [5.74, 6) is -2.35. The number of hydrogen-bond acceptors (Lipinski definition) is 4. The summed E-state index contributed by atoms with van der Waals surface area (Å²) in [6.07, 6.45) is 2.09. The molecular weight excluding hydrogens is 502 g/mol. The molecule has 3 rings (SSSR count). The van der Waals surface area contributed by atoms with Gasteiger partial charge >= 0.3 is 5.91 Å². The maximum absolute atomic E-state index is 14.4. The number of aromatic nitrogens is 1. The lowest BCUT2D eigenvalue weighted by Gasteiger charge is -2.44. The number of nitrogens with one attached hydrogen (secondary N) is 2. The van der Waals surface area contributed by atoms with Crippen molar-refractivity contribution in [2.45, 2.75) is 58.7 Å². The molecule has 0 radical (unpaired) electrons. The Balaban J connectivity index is 2.09. The molecule has 0 fully saturated rings. The van der Waals surface area contributed by atoms with Gasteiger partial charge in [0, 0.05) is 43.0 Å². The average Bonchev–Trinajstić information content (AvgIpc) is 3.39. The largest absolute Gasteiger partial charge is 0.386 e. The van der Waals surface area contributed by atoms with Crippen LogP contribution >= 0.6 is 0 Å². The van der Waals surface area contributed by atoms with Crippen molar-refractivity contribution in [1.82, 2.24) is 10.3 Å². The van der Waals surface area contributed by atoms with Crippen LogP contribution in [0.5, 0.6) is 0 Å². The van der Waals surface area contributed by atoms with Gasteiger partial charge in [0.15, 0.2) is 0 Å². The second-order valence-electron chi connectivity index (χ2n) is 10.2. The molecule has 0 aliphatic rings. The molecule has 0 bridgehead atoms. The number of H-pyrrole nitrogens is 1. The predicted octanol–water partition coefficient (Wildman–Crippen LogP) is 4.24. The molecule has 2 aromatic carbocycles. The number of aliphatic hydroxyl groups excluding tert-OH is 1. The van der Waals surface area contributed by atoms with Crippen LogP contribution in [-0.4, -0.2) is 58.2 Å². The lowest BCUT2D eigenvalue weighted by Crippen LogP contribution is -2.65. The number of amides is 2. The van der Waals surface area contributed by atoms with E-state index in [9.17, 15) is 23.5 Å². The summed E-state index contributed by atoms with van der Waals surface area (Å²) < 4.78 is 28.2. The fraction of sp³-hybridized carbons (Fsp3) is 0.400.